The Morgan fingerprint density at radius 1 is 1.26 bits per heavy atom. The van der Waals surface area contributed by atoms with Gasteiger partial charge in [0.2, 0.25) is 0 Å². The highest BCUT2D eigenvalue weighted by molar-refractivity contribution is 5.25. The summed E-state index contributed by atoms with van der Waals surface area (Å²) in [6.07, 6.45) is 9.84. The fourth-order valence-electron chi connectivity index (χ4n) is 3.57. The quantitative estimate of drug-likeness (QED) is 0.878. The third-order valence-corrected chi connectivity index (χ3v) is 4.60. The number of pyridine rings is 1. The number of aryl methyl sites for hydroxylation is 1. The van der Waals surface area contributed by atoms with E-state index in [0.717, 1.165) is 19.4 Å². The van der Waals surface area contributed by atoms with Crippen molar-refractivity contribution in [2.45, 2.75) is 57.1 Å². The van der Waals surface area contributed by atoms with Crippen LogP contribution in [0.5, 0.6) is 0 Å². The van der Waals surface area contributed by atoms with Crippen molar-refractivity contribution < 1.29 is 5.11 Å². The van der Waals surface area contributed by atoms with E-state index in [-0.39, 0.29) is 6.10 Å². The van der Waals surface area contributed by atoms with Gasteiger partial charge in [0, 0.05) is 12.2 Å². The van der Waals surface area contributed by atoms with Gasteiger partial charge in [-0.3, -0.25) is 4.98 Å². The van der Waals surface area contributed by atoms with Crippen molar-refractivity contribution in [3.63, 3.8) is 0 Å². The van der Waals surface area contributed by atoms with E-state index in [0.29, 0.717) is 12.0 Å². The lowest BCUT2D eigenvalue weighted by Gasteiger charge is -2.30. The number of aliphatic hydroxyl groups excluding tert-OH is 1. The summed E-state index contributed by atoms with van der Waals surface area (Å²) >= 11 is 0. The molecule has 2 aliphatic rings. The standard InChI is InChI=1S/C16H24N2O/c19-14-7-1-4-12(10-14)11-18-15-8-2-5-13-6-3-9-17-16(13)15/h3,6,9,12,14-15,18-19H,1-2,4-5,7-8,10-11H2. The summed E-state index contributed by atoms with van der Waals surface area (Å²) in [5.41, 5.74) is 2.67. The fourth-order valence-corrected chi connectivity index (χ4v) is 3.57. The maximum absolute atomic E-state index is 9.73. The molecule has 0 aliphatic heterocycles. The minimum atomic E-state index is -0.0719. The fraction of sp³-hybridized carbons (Fsp3) is 0.688. The Labute approximate surface area is 115 Å². The van der Waals surface area contributed by atoms with E-state index in [1.165, 1.54) is 43.4 Å². The molecule has 3 rings (SSSR count). The monoisotopic (exact) mass is 260 g/mol. The molecule has 3 nitrogen and oxygen atoms in total. The van der Waals surface area contributed by atoms with Gasteiger partial charge in [0.25, 0.3) is 0 Å². The first kappa shape index (κ1) is 13.1. The highest BCUT2D eigenvalue weighted by Gasteiger charge is 2.24. The normalized spacial score (nSPS) is 30.9. The van der Waals surface area contributed by atoms with Gasteiger partial charge in [-0.05, 0) is 62.6 Å². The van der Waals surface area contributed by atoms with E-state index in [9.17, 15) is 5.11 Å². The molecule has 104 valence electrons. The number of nitrogens with zero attached hydrogens (tertiary/aromatic N) is 1. The largest absolute Gasteiger partial charge is 0.393 e. The lowest BCUT2D eigenvalue weighted by atomic mass is 9.86. The Bertz CT molecular complexity index is 421. The number of aromatic nitrogens is 1. The molecule has 1 aromatic rings. The van der Waals surface area contributed by atoms with Crippen LogP contribution in [-0.4, -0.2) is 22.7 Å². The molecule has 1 heterocycles. The molecule has 1 aromatic heterocycles. The van der Waals surface area contributed by atoms with Crippen LogP contribution in [0.4, 0.5) is 0 Å². The van der Waals surface area contributed by atoms with E-state index < -0.39 is 0 Å². The summed E-state index contributed by atoms with van der Waals surface area (Å²) in [5.74, 6) is 0.637. The Kier molecular flexibility index (Phi) is 4.14. The third-order valence-electron chi connectivity index (χ3n) is 4.60. The smallest absolute Gasteiger partial charge is 0.0605 e. The van der Waals surface area contributed by atoms with Gasteiger partial charge in [-0.15, -0.1) is 0 Å². The molecule has 2 N–H and O–H groups in total. The Morgan fingerprint density at radius 2 is 2.21 bits per heavy atom. The van der Waals surface area contributed by atoms with Gasteiger partial charge in [0.1, 0.15) is 0 Å². The maximum atomic E-state index is 9.73. The summed E-state index contributed by atoms with van der Waals surface area (Å²) in [6, 6.07) is 4.67. The third kappa shape index (κ3) is 3.15. The van der Waals surface area contributed by atoms with Crippen molar-refractivity contribution in [2.75, 3.05) is 6.54 Å². The Morgan fingerprint density at radius 3 is 3.11 bits per heavy atom. The molecule has 3 unspecified atom stereocenters. The first-order chi connectivity index (χ1) is 9.33. The van der Waals surface area contributed by atoms with Crippen LogP contribution >= 0.6 is 0 Å². The molecule has 1 saturated carbocycles. The van der Waals surface area contributed by atoms with Crippen LogP contribution in [0.3, 0.4) is 0 Å². The predicted molar refractivity (Wildman–Crippen MR) is 75.9 cm³/mol. The van der Waals surface area contributed by atoms with E-state index in [1.54, 1.807) is 0 Å². The summed E-state index contributed by atoms with van der Waals surface area (Å²) in [6.45, 7) is 1.03. The Balaban J connectivity index is 1.59. The van der Waals surface area contributed by atoms with Crippen molar-refractivity contribution >= 4 is 0 Å². The van der Waals surface area contributed by atoms with E-state index in [1.807, 2.05) is 12.3 Å². The van der Waals surface area contributed by atoms with Crippen LogP contribution in [0.1, 0.15) is 55.8 Å². The minimum Gasteiger partial charge on any atom is -0.393 e. The zero-order valence-electron chi connectivity index (χ0n) is 11.5. The first-order valence-electron chi connectivity index (χ1n) is 7.68. The van der Waals surface area contributed by atoms with Gasteiger partial charge in [-0.2, -0.15) is 0 Å². The van der Waals surface area contributed by atoms with Gasteiger partial charge in [-0.25, -0.2) is 0 Å². The highest BCUT2D eigenvalue weighted by Crippen LogP contribution is 2.29. The zero-order valence-corrected chi connectivity index (χ0v) is 11.5. The van der Waals surface area contributed by atoms with Crippen molar-refractivity contribution in [1.29, 1.82) is 0 Å². The molecular formula is C16H24N2O. The molecular weight excluding hydrogens is 236 g/mol. The molecule has 0 aromatic carbocycles. The van der Waals surface area contributed by atoms with Crippen LogP contribution in [-0.2, 0) is 6.42 Å². The van der Waals surface area contributed by atoms with Gasteiger partial charge < -0.3 is 10.4 Å². The van der Waals surface area contributed by atoms with E-state index in [4.69, 9.17) is 0 Å². The van der Waals surface area contributed by atoms with E-state index in [2.05, 4.69) is 16.4 Å². The van der Waals surface area contributed by atoms with Gasteiger partial charge in [-0.1, -0.05) is 12.5 Å². The SMILES string of the molecule is OC1CCCC(CNC2CCCc3cccnc32)C1. The molecule has 0 radical (unpaired) electrons. The molecule has 19 heavy (non-hydrogen) atoms. The molecule has 0 spiro atoms. The van der Waals surface area contributed by atoms with Crippen LogP contribution in [0.2, 0.25) is 0 Å². The summed E-state index contributed by atoms with van der Waals surface area (Å²) in [4.78, 5) is 4.57. The second-order valence-corrected chi connectivity index (χ2v) is 6.09. The lowest BCUT2D eigenvalue weighted by molar-refractivity contribution is 0.0993. The summed E-state index contributed by atoms with van der Waals surface area (Å²) < 4.78 is 0. The van der Waals surface area contributed by atoms with Crippen molar-refractivity contribution in [1.82, 2.24) is 10.3 Å². The van der Waals surface area contributed by atoms with E-state index >= 15 is 0 Å². The van der Waals surface area contributed by atoms with Crippen molar-refractivity contribution in [3.05, 3.63) is 29.6 Å². The van der Waals surface area contributed by atoms with Crippen LogP contribution in [0.15, 0.2) is 18.3 Å². The molecule has 0 bridgehead atoms. The molecule has 2 aliphatic carbocycles. The number of aliphatic hydroxyl groups is 1. The van der Waals surface area contributed by atoms with Gasteiger partial charge in [0.05, 0.1) is 11.8 Å². The highest BCUT2D eigenvalue weighted by atomic mass is 16.3. The maximum Gasteiger partial charge on any atom is 0.0605 e. The van der Waals surface area contributed by atoms with Crippen LogP contribution in [0.25, 0.3) is 0 Å². The zero-order chi connectivity index (χ0) is 13.1. The number of rotatable bonds is 3. The van der Waals surface area contributed by atoms with Gasteiger partial charge >= 0.3 is 0 Å². The second kappa shape index (κ2) is 6.02. The van der Waals surface area contributed by atoms with Crippen molar-refractivity contribution in [2.24, 2.45) is 5.92 Å². The van der Waals surface area contributed by atoms with Crippen LogP contribution in [0, 0.1) is 5.92 Å². The summed E-state index contributed by atoms with van der Waals surface area (Å²) in [5, 5.41) is 13.4. The van der Waals surface area contributed by atoms with Crippen molar-refractivity contribution in [3.8, 4) is 0 Å². The average molecular weight is 260 g/mol. The summed E-state index contributed by atoms with van der Waals surface area (Å²) in [7, 11) is 0. The number of fused-ring (bicyclic) bond motifs is 1. The first-order valence-corrected chi connectivity index (χ1v) is 7.68. The topological polar surface area (TPSA) is 45.1 Å². The second-order valence-electron chi connectivity index (χ2n) is 6.09. The molecule has 0 saturated heterocycles. The number of hydrogen-bond acceptors (Lipinski definition) is 3. The predicted octanol–water partition coefficient (Wildman–Crippen LogP) is 2.60. The molecule has 1 fully saturated rings. The van der Waals surface area contributed by atoms with Gasteiger partial charge in [0.15, 0.2) is 0 Å². The average Bonchev–Trinajstić information content (AvgIpc) is 2.45. The molecule has 0 amide bonds. The Hall–Kier alpha value is -0.930. The minimum absolute atomic E-state index is 0.0719. The lowest BCUT2D eigenvalue weighted by Crippen LogP contribution is -2.33. The molecule has 3 atom stereocenters. The van der Waals surface area contributed by atoms with Crippen LogP contribution < -0.4 is 5.32 Å². The number of hydrogen-bond donors (Lipinski definition) is 2. The number of nitrogens with one attached hydrogen (secondary N) is 1. The molecule has 3 heteroatoms.